The zero-order chi connectivity index (χ0) is 23.4. The van der Waals surface area contributed by atoms with Crippen molar-refractivity contribution < 1.29 is 14.3 Å². The number of hydrogen-bond acceptors (Lipinski definition) is 3. The molecule has 1 aliphatic heterocycles. The lowest BCUT2D eigenvalue weighted by Crippen LogP contribution is -2.31. The van der Waals surface area contributed by atoms with Crippen molar-refractivity contribution in [3.63, 3.8) is 0 Å². The summed E-state index contributed by atoms with van der Waals surface area (Å²) < 4.78 is 8.77. The predicted molar refractivity (Wildman–Crippen MR) is 143 cm³/mol. The monoisotopic (exact) mass is 632 g/mol. The largest absolute Gasteiger partial charge is 0.455 e. The van der Waals surface area contributed by atoms with E-state index in [2.05, 4.69) is 61.6 Å². The standard InChI is InChI=1S/C27H23Br3O3/c1-3-5-6-13(4-2)9-18-25(31)16-11-19(29)23-15-10-14(28)7-8-21(15)33-27-20(30)12-17(26(18)32)22(16)24(23)27/h7-8,10-13,18H,3-6,9H2,1-2H3. The molecule has 1 heterocycles. The number of carbonyl (C=O) groups is 2. The second-order valence-electron chi connectivity index (χ2n) is 8.94. The summed E-state index contributed by atoms with van der Waals surface area (Å²) >= 11 is 11.0. The molecule has 0 saturated heterocycles. The van der Waals surface area contributed by atoms with E-state index >= 15 is 0 Å². The van der Waals surface area contributed by atoms with Crippen LogP contribution in [0.5, 0.6) is 11.5 Å². The van der Waals surface area contributed by atoms with E-state index in [1.807, 2.05) is 30.3 Å². The van der Waals surface area contributed by atoms with Gasteiger partial charge in [-0.3, -0.25) is 9.59 Å². The molecule has 0 aromatic heterocycles. The Hall–Kier alpha value is -1.50. The van der Waals surface area contributed by atoms with Crippen LogP contribution in [0.1, 0.15) is 66.7 Å². The first-order chi connectivity index (χ1) is 15.8. The highest BCUT2D eigenvalue weighted by Gasteiger charge is 2.40. The first kappa shape index (κ1) is 23.3. The van der Waals surface area contributed by atoms with E-state index in [1.165, 1.54) is 0 Å². The molecule has 2 aliphatic rings. The van der Waals surface area contributed by atoms with Crippen LogP contribution in [0.2, 0.25) is 0 Å². The highest BCUT2D eigenvalue weighted by Crippen LogP contribution is 2.55. The summed E-state index contributed by atoms with van der Waals surface area (Å²) in [5, 5.41) is 1.53. The van der Waals surface area contributed by atoms with Crippen LogP contribution >= 0.6 is 47.8 Å². The number of hydrogen-bond donors (Lipinski definition) is 0. The first-order valence-electron chi connectivity index (χ1n) is 11.4. The highest BCUT2D eigenvalue weighted by atomic mass is 79.9. The molecule has 0 saturated carbocycles. The molecular weight excluding hydrogens is 612 g/mol. The SMILES string of the molecule is CCCCC(CC)CC1C(=O)c2cc(Br)c3c4c(c(Br)cc(c24)C1=O)-c1cc(Br)ccc1O3. The summed E-state index contributed by atoms with van der Waals surface area (Å²) in [6.45, 7) is 4.32. The minimum atomic E-state index is -0.622. The molecule has 1 aliphatic carbocycles. The average Bonchev–Trinajstić information content (AvgIpc) is 2.80. The Balaban J connectivity index is 1.72. The Kier molecular flexibility index (Phi) is 6.30. The van der Waals surface area contributed by atoms with Gasteiger partial charge in [0.25, 0.3) is 0 Å². The zero-order valence-corrected chi connectivity index (χ0v) is 23.2. The maximum atomic E-state index is 13.7. The Morgan fingerprint density at radius 3 is 2.27 bits per heavy atom. The fourth-order valence-corrected chi connectivity index (χ4v) is 6.72. The molecule has 3 aromatic rings. The molecule has 3 nitrogen and oxygen atoms in total. The number of rotatable bonds is 6. The van der Waals surface area contributed by atoms with E-state index in [4.69, 9.17) is 4.74 Å². The van der Waals surface area contributed by atoms with Crippen LogP contribution < -0.4 is 4.74 Å². The lowest BCUT2D eigenvalue weighted by Gasteiger charge is -2.30. The molecule has 0 spiro atoms. The van der Waals surface area contributed by atoms with Gasteiger partial charge in [-0.1, -0.05) is 71.4 Å². The van der Waals surface area contributed by atoms with Gasteiger partial charge in [-0.15, -0.1) is 0 Å². The van der Waals surface area contributed by atoms with Crippen molar-refractivity contribution in [3.05, 3.63) is 54.9 Å². The lowest BCUT2D eigenvalue weighted by atomic mass is 9.74. The summed E-state index contributed by atoms with van der Waals surface area (Å²) in [7, 11) is 0. The maximum Gasteiger partial charge on any atom is 0.174 e. The van der Waals surface area contributed by atoms with Gasteiger partial charge in [0.2, 0.25) is 0 Å². The minimum absolute atomic E-state index is 0.0667. The third kappa shape index (κ3) is 3.73. The highest BCUT2D eigenvalue weighted by molar-refractivity contribution is 9.11. The van der Waals surface area contributed by atoms with Crippen LogP contribution in [0.25, 0.3) is 21.9 Å². The van der Waals surface area contributed by atoms with Crippen LogP contribution in [-0.4, -0.2) is 11.6 Å². The quantitative estimate of drug-likeness (QED) is 0.198. The smallest absolute Gasteiger partial charge is 0.174 e. The van der Waals surface area contributed by atoms with E-state index in [-0.39, 0.29) is 11.6 Å². The molecule has 0 amide bonds. The molecule has 6 heteroatoms. The number of benzene rings is 3. The molecule has 0 N–H and O–H groups in total. The third-order valence-corrected chi connectivity index (χ3v) is 8.67. The van der Waals surface area contributed by atoms with Crippen LogP contribution in [0.3, 0.4) is 0 Å². The van der Waals surface area contributed by atoms with Gasteiger partial charge in [0, 0.05) is 42.0 Å². The lowest BCUT2D eigenvalue weighted by molar-refractivity contribution is 0.0775. The van der Waals surface area contributed by atoms with Crippen LogP contribution in [0, 0.1) is 11.8 Å². The second kappa shape index (κ2) is 8.94. The Bertz CT molecular complexity index is 1310. The summed E-state index contributed by atoms with van der Waals surface area (Å²) in [5.74, 6) is 1.00. The molecule has 0 radical (unpaired) electrons. The molecule has 5 rings (SSSR count). The zero-order valence-electron chi connectivity index (χ0n) is 18.4. The van der Waals surface area contributed by atoms with E-state index in [9.17, 15) is 9.59 Å². The van der Waals surface area contributed by atoms with Gasteiger partial charge in [-0.2, -0.15) is 0 Å². The van der Waals surface area contributed by atoms with Crippen LogP contribution in [0.15, 0.2) is 43.7 Å². The van der Waals surface area contributed by atoms with Crippen molar-refractivity contribution in [1.29, 1.82) is 0 Å². The fraction of sp³-hybridized carbons (Fsp3) is 0.333. The van der Waals surface area contributed by atoms with Gasteiger partial charge < -0.3 is 4.74 Å². The molecule has 170 valence electrons. The number of ketones is 2. The van der Waals surface area contributed by atoms with Crippen molar-refractivity contribution in [2.75, 3.05) is 0 Å². The Labute approximate surface area is 218 Å². The van der Waals surface area contributed by atoms with E-state index < -0.39 is 5.92 Å². The molecule has 0 fully saturated rings. The first-order valence-corrected chi connectivity index (χ1v) is 13.8. The number of ether oxygens (including phenoxy) is 1. The van der Waals surface area contributed by atoms with Gasteiger partial charge in [-0.05, 0) is 58.6 Å². The Morgan fingerprint density at radius 2 is 1.61 bits per heavy atom. The molecule has 0 bridgehead atoms. The van der Waals surface area contributed by atoms with Crippen molar-refractivity contribution >= 4 is 70.1 Å². The van der Waals surface area contributed by atoms with E-state index in [1.54, 1.807) is 0 Å². The van der Waals surface area contributed by atoms with Crippen LogP contribution in [-0.2, 0) is 0 Å². The molecular formula is C27H23Br3O3. The van der Waals surface area contributed by atoms with Crippen molar-refractivity contribution in [3.8, 4) is 22.6 Å². The predicted octanol–water partition coefficient (Wildman–Crippen LogP) is 9.50. The van der Waals surface area contributed by atoms with Gasteiger partial charge in [0.1, 0.15) is 11.5 Å². The number of fused-ring (bicyclic) bond motifs is 2. The number of unbranched alkanes of at least 4 members (excludes halogenated alkanes) is 1. The third-order valence-electron chi connectivity index (χ3n) is 6.96. The van der Waals surface area contributed by atoms with Gasteiger partial charge >= 0.3 is 0 Å². The maximum absolute atomic E-state index is 13.7. The van der Waals surface area contributed by atoms with E-state index in [0.717, 1.165) is 61.4 Å². The minimum Gasteiger partial charge on any atom is -0.455 e. The van der Waals surface area contributed by atoms with E-state index in [0.29, 0.717) is 34.6 Å². The topological polar surface area (TPSA) is 43.4 Å². The molecule has 3 aromatic carbocycles. The molecule has 2 unspecified atom stereocenters. The molecule has 33 heavy (non-hydrogen) atoms. The summed E-state index contributed by atoms with van der Waals surface area (Å²) in [6, 6.07) is 9.63. The van der Waals surface area contributed by atoms with Gasteiger partial charge in [-0.25, -0.2) is 0 Å². The fourth-order valence-electron chi connectivity index (χ4n) is 5.21. The van der Waals surface area contributed by atoms with Crippen molar-refractivity contribution in [2.24, 2.45) is 11.8 Å². The number of halogens is 3. The second-order valence-corrected chi connectivity index (χ2v) is 11.6. The Morgan fingerprint density at radius 1 is 0.909 bits per heavy atom. The van der Waals surface area contributed by atoms with Gasteiger partial charge in [0.05, 0.1) is 10.4 Å². The average molecular weight is 635 g/mol. The number of carbonyl (C=O) groups excluding carboxylic acids is 2. The van der Waals surface area contributed by atoms with Crippen molar-refractivity contribution in [1.82, 2.24) is 0 Å². The summed E-state index contributed by atoms with van der Waals surface area (Å²) in [4.78, 5) is 27.4. The van der Waals surface area contributed by atoms with Crippen molar-refractivity contribution in [2.45, 2.75) is 46.0 Å². The number of Topliss-reactive ketones (excluding diaryl/α,β-unsaturated/α-hetero) is 2. The van der Waals surface area contributed by atoms with Crippen LogP contribution in [0.4, 0.5) is 0 Å². The normalized spacial score (nSPS) is 17.2. The summed E-state index contributed by atoms with van der Waals surface area (Å²) in [6.07, 6.45) is 4.88. The summed E-state index contributed by atoms with van der Waals surface area (Å²) in [5.41, 5.74) is 3.09. The molecule has 2 atom stereocenters. The van der Waals surface area contributed by atoms with Gasteiger partial charge in [0.15, 0.2) is 11.6 Å².